The highest BCUT2D eigenvalue weighted by Gasteiger charge is 2.34. The number of hydrogen-bond donors (Lipinski definition) is 1. The first-order valence-corrected chi connectivity index (χ1v) is 11.3. The van der Waals surface area contributed by atoms with E-state index in [4.69, 9.17) is 4.74 Å². The number of hydrogen-bond acceptors (Lipinski definition) is 6. The van der Waals surface area contributed by atoms with Crippen molar-refractivity contribution in [2.24, 2.45) is 0 Å². The van der Waals surface area contributed by atoms with Crippen molar-refractivity contribution in [3.63, 3.8) is 0 Å². The number of halogens is 4. The Morgan fingerprint density at radius 1 is 1.23 bits per heavy atom. The molecular weight excluding hydrogens is 450 g/mol. The Kier molecular flexibility index (Phi) is 6.70. The topological polar surface area (TPSA) is 79.0 Å². The number of anilines is 2. The zero-order valence-corrected chi connectivity index (χ0v) is 17.2. The number of sulfone groups is 1. The largest absolute Gasteiger partial charge is 0.442 e. The molecule has 0 aromatic heterocycles. The summed E-state index contributed by atoms with van der Waals surface area (Å²) in [5.74, 6) is -2.15. The summed E-state index contributed by atoms with van der Waals surface area (Å²) in [5, 5.41) is 2.28. The lowest BCUT2D eigenvalue weighted by Gasteiger charge is -2.24. The van der Waals surface area contributed by atoms with Crippen molar-refractivity contribution in [1.82, 2.24) is 5.32 Å². The van der Waals surface area contributed by atoms with Gasteiger partial charge in [0.2, 0.25) is 0 Å². The van der Waals surface area contributed by atoms with Gasteiger partial charge < -0.3 is 15.0 Å². The van der Waals surface area contributed by atoms with Crippen LogP contribution >= 0.6 is 12.2 Å². The van der Waals surface area contributed by atoms with E-state index >= 15 is 0 Å². The van der Waals surface area contributed by atoms with Gasteiger partial charge in [0.25, 0.3) is 6.43 Å². The van der Waals surface area contributed by atoms with Crippen LogP contribution in [-0.2, 0) is 14.6 Å². The molecule has 1 N–H and O–H groups in total. The van der Waals surface area contributed by atoms with E-state index in [9.17, 15) is 30.8 Å². The summed E-state index contributed by atoms with van der Waals surface area (Å²) in [5.41, 5.74) is -0.455. The van der Waals surface area contributed by atoms with Gasteiger partial charge in [0, 0.05) is 25.2 Å². The number of thiocarbonyl (C=S) groups is 1. The zero-order valence-electron chi connectivity index (χ0n) is 15.6. The van der Waals surface area contributed by atoms with Gasteiger partial charge in [-0.05, 0) is 6.42 Å². The Morgan fingerprint density at radius 2 is 1.90 bits per heavy atom. The highest BCUT2D eigenvalue weighted by molar-refractivity contribution is 7.91. The Hall–Kier alpha value is -2.15. The van der Waals surface area contributed by atoms with Gasteiger partial charge in [-0.15, -0.1) is 0 Å². The number of carbonyl (C=O) groups is 1. The molecule has 2 aliphatic rings. The van der Waals surface area contributed by atoms with E-state index in [1.165, 1.54) is 4.90 Å². The van der Waals surface area contributed by atoms with Crippen LogP contribution in [0.2, 0.25) is 0 Å². The maximum Gasteiger partial charge on any atom is 0.414 e. The maximum absolute atomic E-state index is 14.7. The van der Waals surface area contributed by atoms with Crippen LogP contribution in [0.4, 0.5) is 33.7 Å². The van der Waals surface area contributed by atoms with Crippen LogP contribution in [-0.4, -0.2) is 69.7 Å². The smallest absolute Gasteiger partial charge is 0.414 e. The van der Waals surface area contributed by atoms with E-state index in [1.54, 1.807) is 0 Å². The van der Waals surface area contributed by atoms with Crippen molar-refractivity contribution >= 4 is 44.5 Å². The molecule has 2 heterocycles. The van der Waals surface area contributed by atoms with Gasteiger partial charge in [-0.3, -0.25) is 4.90 Å². The number of rotatable bonds is 5. The van der Waals surface area contributed by atoms with Gasteiger partial charge in [-0.25, -0.2) is 30.8 Å². The van der Waals surface area contributed by atoms with E-state index in [2.05, 4.69) is 17.5 Å². The summed E-state index contributed by atoms with van der Waals surface area (Å²) in [7, 11) is -3.26. The molecule has 1 aromatic rings. The first-order chi connectivity index (χ1) is 14.1. The molecule has 0 bridgehead atoms. The first-order valence-electron chi connectivity index (χ1n) is 9.06. The average Bonchev–Trinajstić information content (AvgIpc) is 2.93. The van der Waals surface area contributed by atoms with Gasteiger partial charge in [0.1, 0.15) is 16.8 Å². The molecule has 0 saturated carbocycles. The molecule has 2 aliphatic heterocycles. The second-order valence-electron chi connectivity index (χ2n) is 6.91. The third kappa shape index (κ3) is 5.12. The van der Waals surface area contributed by atoms with Crippen molar-refractivity contribution in [1.29, 1.82) is 0 Å². The number of benzene rings is 1. The fourth-order valence-electron chi connectivity index (χ4n) is 3.30. The molecular formula is C17H19F4N3O4S2. The highest BCUT2D eigenvalue weighted by atomic mass is 32.2. The summed E-state index contributed by atoms with van der Waals surface area (Å²) in [6.07, 6.45) is -4.32. The SMILES string of the molecule is O=C1O[C@@H](CNC(=S)C(F)F)CN1c1cc(F)c(N2CCCS(=O)(=O)CC2)c(F)c1. The Morgan fingerprint density at radius 3 is 2.53 bits per heavy atom. The molecule has 0 radical (unpaired) electrons. The number of ether oxygens (including phenoxy) is 1. The molecule has 0 spiro atoms. The fraction of sp³-hybridized carbons (Fsp3) is 0.529. The number of cyclic esters (lactones) is 1. The predicted molar refractivity (Wildman–Crippen MR) is 106 cm³/mol. The lowest BCUT2D eigenvalue weighted by Crippen LogP contribution is -2.36. The average molecular weight is 469 g/mol. The Bertz CT molecular complexity index is 922. The van der Waals surface area contributed by atoms with Crippen LogP contribution in [0, 0.1) is 11.6 Å². The second-order valence-corrected chi connectivity index (χ2v) is 9.66. The van der Waals surface area contributed by atoms with Gasteiger partial charge in [0.15, 0.2) is 21.5 Å². The molecule has 2 saturated heterocycles. The summed E-state index contributed by atoms with van der Waals surface area (Å²) in [4.78, 5) is 13.7. The lowest BCUT2D eigenvalue weighted by molar-refractivity contribution is 0.142. The fourth-order valence-corrected chi connectivity index (χ4v) is 4.66. The van der Waals surface area contributed by atoms with Crippen molar-refractivity contribution in [3.8, 4) is 0 Å². The molecule has 1 amide bonds. The van der Waals surface area contributed by atoms with Crippen molar-refractivity contribution in [2.45, 2.75) is 19.0 Å². The van der Waals surface area contributed by atoms with E-state index in [0.717, 1.165) is 17.0 Å². The number of nitrogens with zero attached hydrogens (tertiary/aromatic N) is 2. The summed E-state index contributed by atoms with van der Waals surface area (Å²) in [6, 6.07) is 1.91. The van der Waals surface area contributed by atoms with Crippen LogP contribution in [0.1, 0.15) is 6.42 Å². The molecule has 0 aliphatic carbocycles. The highest BCUT2D eigenvalue weighted by Crippen LogP contribution is 2.31. The van der Waals surface area contributed by atoms with Crippen LogP contribution in [0.15, 0.2) is 12.1 Å². The van der Waals surface area contributed by atoms with Crippen molar-refractivity contribution in [2.75, 3.05) is 47.5 Å². The molecule has 30 heavy (non-hydrogen) atoms. The molecule has 2 fully saturated rings. The number of alkyl halides is 2. The van der Waals surface area contributed by atoms with E-state index in [0.29, 0.717) is 0 Å². The summed E-state index contributed by atoms with van der Waals surface area (Å²) < 4.78 is 82.7. The molecule has 0 unspecified atom stereocenters. The quantitative estimate of drug-likeness (QED) is 0.523. The third-order valence-electron chi connectivity index (χ3n) is 4.76. The molecule has 13 heteroatoms. The number of amides is 1. The minimum absolute atomic E-state index is 0.0426. The third-order valence-corrected chi connectivity index (χ3v) is 6.80. The summed E-state index contributed by atoms with van der Waals surface area (Å²) in [6.45, 7) is -0.149. The lowest BCUT2D eigenvalue weighted by atomic mass is 10.2. The normalized spacial score (nSPS) is 21.5. The number of nitrogens with one attached hydrogen (secondary N) is 1. The standard InChI is InChI=1S/C17H19F4N3O4S2/c18-12-6-10(24-9-11(28-17(24)25)8-22-16(29)15(20)21)7-13(19)14(12)23-2-1-4-30(26,27)5-3-23/h6-7,11,15H,1-5,8-9H2,(H,22,29)/t11-/m0/s1. The van der Waals surface area contributed by atoms with E-state index in [1.807, 2.05) is 0 Å². The zero-order chi connectivity index (χ0) is 22.1. The van der Waals surface area contributed by atoms with E-state index < -0.39 is 45.1 Å². The van der Waals surface area contributed by atoms with Gasteiger partial charge in [-0.2, -0.15) is 0 Å². The molecule has 7 nitrogen and oxygen atoms in total. The molecule has 3 rings (SSSR count). The Labute approximate surface area is 175 Å². The minimum Gasteiger partial charge on any atom is -0.442 e. The first kappa shape index (κ1) is 22.5. The second kappa shape index (κ2) is 8.92. The van der Waals surface area contributed by atoms with Gasteiger partial charge in [0.05, 0.1) is 30.3 Å². The number of carbonyl (C=O) groups excluding carboxylic acids is 1. The van der Waals surface area contributed by atoms with Crippen LogP contribution < -0.4 is 15.1 Å². The molecule has 166 valence electrons. The molecule has 1 atom stereocenters. The van der Waals surface area contributed by atoms with E-state index in [-0.39, 0.29) is 55.5 Å². The summed E-state index contributed by atoms with van der Waals surface area (Å²) >= 11 is 4.44. The van der Waals surface area contributed by atoms with Crippen molar-refractivity contribution in [3.05, 3.63) is 23.8 Å². The predicted octanol–water partition coefficient (Wildman–Crippen LogP) is 2.10. The van der Waals surface area contributed by atoms with Crippen LogP contribution in [0.25, 0.3) is 0 Å². The molecule has 1 aromatic carbocycles. The van der Waals surface area contributed by atoms with Gasteiger partial charge >= 0.3 is 6.09 Å². The Balaban J connectivity index is 1.73. The van der Waals surface area contributed by atoms with Crippen molar-refractivity contribution < 1.29 is 35.5 Å². The maximum atomic E-state index is 14.7. The minimum atomic E-state index is -3.26. The monoisotopic (exact) mass is 469 g/mol. The van der Waals surface area contributed by atoms with Crippen LogP contribution in [0.3, 0.4) is 0 Å². The van der Waals surface area contributed by atoms with Crippen LogP contribution in [0.5, 0.6) is 0 Å². The van der Waals surface area contributed by atoms with Gasteiger partial charge in [-0.1, -0.05) is 12.2 Å².